The van der Waals surface area contributed by atoms with E-state index in [1.807, 2.05) is 12.4 Å². The normalized spacial score (nSPS) is 15.5. The minimum absolute atomic E-state index is 0.0388. The number of benzene rings is 5. The Balaban J connectivity index is 1.14. The molecule has 5 aromatic carbocycles. The Morgan fingerprint density at radius 1 is 0.600 bits per heavy atom. The molecule has 242 valence electrons. The fourth-order valence-corrected chi connectivity index (χ4v) is 7.01. The van der Waals surface area contributed by atoms with E-state index in [2.05, 4.69) is 171 Å². The topological polar surface area (TPSA) is 38.7 Å². The van der Waals surface area contributed by atoms with Crippen LogP contribution in [0, 0.1) is 11.8 Å². The number of rotatable bonds is 9. The summed E-state index contributed by atoms with van der Waals surface area (Å²) < 4.78 is 0. The van der Waals surface area contributed by atoms with Gasteiger partial charge in [-0.15, -0.1) is 6.58 Å². The summed E-state index contributed by atoms with van der Waals surface area (Å²) in [4.78, 5) is 14.8. The number of aromatic nitrogens is 3. The van der Waals surface area contributed by atoms with Gasteiger partial charge in [0.2, 0.25) is 0 Å². The molecule has 3 atom stereocenters. The Morgan fingerprint density at radius 3 is 1.88 bits per heavy atom. The number of allylic oxidation sites excluding steroid dienone is 5. The summed E-state index contributed by atoms with van der Waals surface area (Å²) in [5, 5.41) is 4.82. The van der Waals surface area contributed by atoms with Crippen LogP contribution < -0.4 is 0 Å². The van der Waals surface area contributed by atoms with E-state index in [-0.39, 0.29) is 5.92 Å². The third-order valence-electron chi connectivity index (χ3n) is 10.1. The molecule has 2 aromatic heterocycles. The van der Waals surface area contributed by atoms with Gasteiger partial charge in [0.15, 0.2) is 0 Å². The molecule has 0 amide bonds. The Kier molecular flexibility index (Phi) is 8.48. The molecule has 0 aliphatic heterocycles. The maximum absolute atomic E-state index is 5.16. The number of nitrogens with zero attached hydrogens (tertiary/aromatic N) is 3. The van der Waals surface area contributed by atoms with Crippen molar-refractivity contribution >= 4 is 21.5 Å². The summed E-state index contributed by atoms with van der Waals surface area (Å²) in [6, 6.07) is 43.1. The number of hydrogen-bond acceptors (Lipinski definition) is 3. The van der Waals surface area contributed by atoms with Gasteiger partial charge >= 0.3 is 0 Å². The quantitative estimate of drug-likeness (QED) is 0.147. The van der Waals surface area contributed by atoms with Crippen LogP contribution in [-0.2, 0) is 0 Å². The lowest BCUT2D eigenvalue weighted by Gasteiger charge is -2.28. The lowest BCUT2D eigenvalue weighted by molar-refractivity contribution is 0.603. The molecule has 3 nitrogen and oxygen atoms in total. The molecule has 50 heavy (non-hydrogen) atoms. The van der Waals surface area contributed by atoms with Gasteiger partial charge in [-0.05, 0) is 57.3 Å². The number of hydrogen-bond donors (Lipinski definition) is 0. The SMILES string of the molecule is C=C[C@H]1CC=C1[C@H](C)/C=C\[C@H](C)c1nc(-c2ccc(-c3ccc4ccccc4c3)cc2)cc(-c2ccc(-c3cncc4ccccc34)cc2)n1. The van der Waals surface area contributed by atoms with Crippen molar-refractivity contribution in [1.29, 1.82) is 0 Å². The van der Waals surface area contributed by atoms with Gasteiger partial charge in [0.1, 0.15) is 5.82 Å². The highest BCUT2D eigenvalue weighted by molar-refractivity contribution is 5.96. The molecule has 0 spiro atoms. The van der Waals surface area contributed by atoms with Gasteiger partial charge in [0, 0.05) is 46.3 Å². The molecule has 0 unspecified atom stereocenters. The van der Waals surface area contributed by atoms with Crippen LogP contribution in [0.15, 0.2) is 170 Å². The van der Waals surface area contributed by atoms with Crippen molar-refractivity contribution < 1.29 is 0 Å². The first-order chi connectivity index (χ1) is 24.5. The third kappa shape index (κ3) is 6.19. The summed E-state index contributed by atoms with van der Waals surface area (Å²) in [6.07, 6.45) is 13.9. The van der Waals surface area contributed by atoms with E-state index in [0.717, 1.165) is 51.3 Å². The molecule has 0 radical (unpaired) electrons. The van der Waals surface area contributed by atoms with E-state index >= 15 is 0 Å². The molecule has 0 bridgehead atoms. The van der Waals surface area contributed by atoms with Crippen LogP contribution in [0.4, 0.5) is 0 Å². The van der Waals surface area contributed by atoms with Crippen LogP contribution >= 0.6 is 0 Å². The van der Waals surface area contributed by atoms with E-state index < -0.39 is 0 Å². The molecule has 3 heteroatoms. The van der Waals surface area contributed by atoms with E-state index in [1.165, 1.54) is 32.9 Å². The first-order valence-corrected chi connectivity index (χ1v) is 17.5. The molecular formula is C47H39N3. The zero-order chi connectivity index (χ0) is 34.0. The van der Waals surface area contributed by atoms with Crippen LogP contribution in [0.2, 0.25) is 0 Å². The van der Waals surface area contributed by atoms with Crippen LogP contribution in [-0.4, -0.2) is 15.0 Å². The van der Waals surface area contributed by atoms with Gasteiger partial charge in [-0.2, -0.15) is 0 Å². The smallest absolute Gasteiger partial charge is 0.136 e. The molecular weight excluding hydrogens is 607 g/mol. The van der Waals surface area contributed by atoms with Crippen molar-refractivity contribution in [2.24, 2.45) is 11.8 Å². The second-order valence-electron chi connectivity index (χ2n) is 13.4. The summed E-state index contributed by atoms with van der Waals surface area (Å²) in [5.41, 5.74) is 10.0. The van der Waals surface area contributed by atoms with Gasteiger partial charge in [-0.25, -0.2) is 9.97 Å². The highest BCUT2D eigenvalue weighted by Crippen LogP contribution is 2.36. The van der Waals surface area contributed by atoms with Crippen molar-refractivity contribution in [3.8, 4) is 44.8 Å². The Labute approximate surface area is 294 Å². The average molecular weight is 646 g/mol. The average Bonchev–Trinajstić information content (AvgIpc) is 3.16. The Bertz CT molecular complexity index is 2390. The molecule has 2 heterocycles. The Hall–Kier alpha value is -5.93. The fourth-order valence-electron chi connectivity index (χ4n) is 7.01. The van der Waals surface area contributed by atoms with Crippen LogP contribution in [0.25, 0.3) is 66.3 Å². The number of pyridine rings is 1. The van der Waals surface area contributed by atoms with Crippen LogP contribution in [0.1, 0.15) is 32.0 Å². The first kappa shape index (κ1) is 31.3. The predicted molar refractivity (Wildman–Crippen MR) is 210 cm³/mol. The third-order valence-corrected chi connectivity index (χ3v) is 10.1. The fraction of sp³-hybridized carbons (Fsp3) is 0.128. The van der Waals surface area contributed by atoms with Crippen molar-refractivity contribution in [1.82, 2.24) is 15.0 Å². The van der Waals surface area contributed by atoms with Gasteiger partial charge in [0.25, 0.3) is 0 Å². The van der Waals surface area contributed by atoms with E-state index in [0.29, 0.717) is 11.8 Å². The lowest BCUT2D eigenvalue weighted by atomic mass is 9.77. The van der Waals surface area contributed by atoms with Crippen LogP contribution in [0.5, 0.6) is 0 Å². The van der Waals surface area contributed by atoms with Gasteiger partial charge in [0.05, 0.1) is 11.4 Å². The van der Waals surface area contributed by atoms with Crippen LogP contribution in [0.3, 0.4) is 0 Å². The summed E-state index contributed by atoms with van der Waals surface area (Å²) in [5.74, 6) is 1.69. The number of fused-ring (bicyclic) bond motifs is 2. The van der Waals surface area contributed by atoms with E-state index in [4.69, 9.17) is 9.97 Å². The highest BCUT2D eigenvalue weighted by Gasteiger charge is 2.22. The largest absolute Gasteiger partial charge is 0.263 e. The minimum Gasteiger partial charge on any atom is -0.263 e. The molecule has 7 aromatic rings. The standard InChI is InChI=1S/C47H39N3/c1-4-33-25-26-42(33)31(2)13-14-32(3)47-49-45(37-20-15-35(16-21-37)40-24-17-34-9-5-6-10-39(34)27-40)28-46(50-47)38-22-18-36(19-23-38)44-30-48-29-41-11-7-8-12-43(41)44/h4-24,26-33H,1,25H2,2-3H3/b14-13-/t31-,32+,33+/m1/s1. The second-order valence-corrected chi connectivity index (χ2v) is 13.4. The maximum atomic E-state index is 5.16. The minimum atomic E-state index is 0.0388. The van der Waals surface area contributed by atoms with Gasteiger partial charge in [-0.1, -0.05) is 153 Å². The monoisotopic (exact) mass is 645 g/mol. The van der Waals surface area contributed by atoms with Crippen molar-refractivity contribution in [2.45, 2.75) is 26.2 Å². The Morgan fingerprint density at radius 2 is 1.20 bits per heavy atom. The molecule has 0 saturated heterocycles. The molecule has 0 fully saturated rings. The van der Waals surface area contributed by atoms with Crippen molar-refractivity contribution in [3.05, 3.63) is 176 Å². The summed E-state index contributed by atoms with van der Waals surface area (Å²) in [6.45, 7) is 8.47. The van der Waals surface area contributed by atoms with E-state index in [9.17, 15) is 0 Å². The molecule has 1 aliphatic rings. The van der Waals surface area contributed by atoms with E-state index in [1.54, 1.807) is 0 Å². The highest BCUT2D eigenvalue weighted by atomic mass is 14.9. The molecule has 0 saturated carbocycles. The molecule has 0 N–H and O–H groups in total. The molecule has 8 rings (SSSR count). The van der Waals surface area contributed by atoms with Gasteiger partial charge in [-0.3, -0.25) is 4.98 Å². The lowest BCUT2D eigenvalue weighted by Crippen LogP contribution is -2.15. The zero-order valence-corrected chi connectivity index (χ0v) is 28.5. The van der Waals surface area contributed by atoms with Crippen molar-refractivity contribution in [3.63, 3.8) is 0 Å². The predicted octanol–water partition coefficient (Wildman–Crippen LogP) is 12.3. The zero-order valence-electron chi connectivity index (χ0n) is 28.5. The summed E-state index contributed by atoms with van der Waals surface area (Å²) >= 11 is 0. The summed E-state index contributed by atoms with van der Waals surface area (Å²) in [7, 11) is 0. The van der Waals surface area contributed by atoms with Gasteiger partial charge < -0.3 is 0 Å². The molecule has 1 aliphatic carbocycles. The second kappa shape index (κ2) is 13.5. The van der Waals surface area contributed by atoms with Crippen molar-refractivity contribution in [2.75, 3.05) is 0 Å². The first-order valence-electron chi connectivity index (χ1n) is 17.5. The maximum Gasteiger partial charge on any atom is 0.136 e.